The number of allylic oxidation sites excluding steroid dienone is 2. The van der Waals surface area contributed by atoms with Crippen molar-refractivity contribution in [2.75, 3.05) is 4.90 Å². The van der Waals surface area contributed by atoms with Crippen LogP contribution in [0.1, 0.15) is 42.5 Å². The molecule has 0 spiro atoms. The molecule has 3 aromatic heterocycles. The average molecular weight is 638 g/mol. The Balaban J connectivity index is 1.20. The standard InChI is InChI=1S/C37H35N9O2/c1-25-19-33(44-43-25)35-30(20-38)23-40-36(42-35)39-21-27-9-6-10-31(15-11-27)46(37(48)41-22-26-7-4-3-5-8-26)32-16-12-28(13-17-32)29-14-18-34(47)45(2)24-29/h3-5,7-9,12-14,16-19,21,23-24,31H,6,10-11,15,22H2,1-2H3,(H,41,48)(H,43,44). The van der Waals surface area contributed by atoms with Crippen LogP contribution in [-0.4, -0.2) is 43.0 Å². The second-order valence-electron chi connectivity index (χ2n) is 11.7. The summed E-state index contributed by atoms with van der Waals surface area (Å²) in [5, 5.41) is 19.8. The number of carbonyl (C=O) groups excluding carboxylic acids is 1. The molecule has 240 valence electrons. The number of anilines is 1. The number of urea groups is 1. The highest BCUT2D eigenvalue weighted by Gasteiger charge is 2.26. The fourth-order valence-corrected chi connectivity index (χ4v) is 5.74. The number of amides is 2. The van der Waals surface area contributed by atoms with Crippen LogP contribution in [0.15, 0.2) is 107 Å². The highest BCUT2D eigenvalue weighted by Crippen LogP contribution is 2.29. The van der Waals surface area contributed by atoms with Crippen LogP contribution in [0.3, 0.4) is 0 Å². The molecular weight excluding hydrogens is 602 g/mol. The first-order chi connectivity index (χ1) is 23.4. The zero-order valence-electron chi connectivity index (χ0n) is 26.8. The lowest BCUT2D eigenvalue weighted by Gasteiger charge is -2.32. The third kappa shape index (κ3) is 7.45. The van der Waals surface area contributed by atoms with Crippen LogP contribution in [0.4, 0.5) is 16.4 Å². The van der Waals surface area contributed by atoms with Gasteiger partial charge in [0, 0.05) is 49.5 Å². The molecule has 48 heavy (non-hydrogen) atoms. The summed E-state index contributed by atoms with van der Waals surface area (Å²) in [6.07, 6.45) is 10.2. The van der Waals surface area contributed by atoms with Crippen molar-refractivity contribution in [1.29, 1.82) is 5.26 Å². The normalized spacial score (nSPS) is 14.6. The zero-order valence-corrected chi connectivity index (χ0v) is 26.8. The van der Waals surface area contributed by atoms with E-state index >= 15 is 0 Å². The Bertz CT molecular complexity index is 2070. The molecule has 1 unspecified atom stereocenters. The highest BCUT2D eigenvalue weighted by molar-refractivity contribution is 5.93. The Morgan fingerprint density at radius 2 is 1.92 bits per heavy atom. The first kappa shape index (κ1) is 31.8. The number of benzene rings is 2. The number of aliphatic imine (C=N–C) groups is 1. The lowest BCUT2D eigenvalue weighted by molar-refractivity contribution is 0.242. The largest absolute Gasteiger partial charge is 0.334 e. The van der Waals surface area contributed by atoms with Gasteiger partial charge in [-0.05, 0) is 79.1 Å². The molecule has 0 bridgehead atoms. The van der Waals surface area contributed by atoms with Gasteiger partial charge in [-0.15, -0.1) is 0 Å². The van der Waals surface area contributed by atoms with Gasteiger partial charge in [0.15, 0.2) is 0 Å². The minimum Gasteiger partial charge on any atom is -0.334 e. The monoisotopic (exact) mass is 637 g/mol. The Kier molecular flexibility index (Phi) is 9.62. The Morgan fingerprint density at radius 3 is 2.65 bits per heavy atom. The minimum absolute atomic E-state index is 0.0630. The molecule has 0 fully saturated rings. The summed E-state index contributed by atoms with van der Waals surface area (Å²) in [6, 6.07) is 24.8. The van der Waals surface area contributed by atoms with E-state index in [0.29, 0.717) is 29.9 Å². The molecule has 2 amide bonds. The summed E-state index contributed by atoms with van der Waals surface area (Å²) in [6.45, 7) is 2.30. The minimum atomic E-state index is -0.164. The number of carbonyl (C=O) groups is 1. The number of aryl methyl sites for hydroxylation is 2. The molecular formula is C37H35N9O2. The van der Waals surface area contributed by atoms with Crippen LogP contribution >= 0.6 is 0 Å². The van der Waals surface area contributed by atoms with Crippen LogP contribution < -0.4 is 15.8 Å². The first-order valence-electron chi connectivity index (χ1n) is 15.8. The molecule has 0 saturated heterocycles. The zero-order chi connectivity index (χ0) is 33.5. The predicted molar refractivity (Wildman–Crippen MR) is 186 cm³/mol. The van der Waals surface area contributed by atoms with E-state index in [1.807, 2.05) is 84.8 Å². The molecule has 0 radical (unpaired) electrons. The summed E-state index contributed by atoms with van der Waals surface area (Å²) >= 11 is 0. The summed E-state index contributed by atoms with van der Waals surface area (Å²) in [4.78, 5) is 40.9. The molecule has 11 heteroatoms. The van der Waals surface area contributed by atoms with Crippen molar-refractivity contribution in [3.63, 3.8) is 0 Å². The van der Waals surface area contributed by atoms with E-state index in [1.165, 1.54) is 6.20 Å². The summed E-state index contributed by atoms with van der Waals surface area (Å²) in [7, 11) is 1.73. The third-order valence-electron chi connectivity index (χ3n) is 8.30. The predicted octanol–water partition coefficient (Wildman–Crippen LogP) is 6.40. The number of hydrogen-bond donors (Lipinski definition) is 2. The average Bonchev–Trinajstić information content (AvgIpc) is 3.42. The van der Waals surface area contributed by atoms with Gasteiger partial charge in [-0.25, -0.2) is 19.8 Å². The molecule has 3 heterocycles. The van der Waals surface area contributed by atoms with Gasteiger partial charge >= 0.3 is 6.03 Å². The number of nitrogens with zero attached hydrogens (tertiary/aromatic N) is 7. The van der Waals surface area contributed by atoms with Gasteiger partial charge < -0.3 is 9.88 Å². The first-order valence-corrected chi connectivity index (χ1v) is 15.8. The highest BCUT2D eigenvalue weighted by atomic mass is 16.2. The molecule has 11 nitrogen and oxygen atoms in total. The molecule has 6 rings (SSSR count). The van der Waals surface area contributed by atoms with Crippen molar-refractivity contribution in [3.8, 4) is 28.6 Å². The Labute approximate surface area is 278 Å². The van der Waals surface area contributed by atoms with Crippen molar-refractivity contribution in [3.05, 3.63) is 124 Å². The van der Waals surface area contributed by atoms with Crippen molar-refractivity contribution < 1.29 is 4.79 Å². The maximum atomic E-state index is 13.8. The summed E-state index contributed by atoms with van der Waals surface area (Å²) in [5.41, 5.74) is 6.82. The summed E-state index contributed by atoms with van der Waals surface area (Å²) < 4.78 is 1.55. The second-order valence-corrected chi connectivity index (χ2v) is 11.7. The van der Waals surface area contributed by atoms with Crippen LogP contribution in [0.25, 0.3) is 22.5 Å². The van der Waals surface area contributed by atoms with Gasteiger partial charge in [0.05, 0.1) is 11.8 Å². The van der Waals surface area contributed by atoms with Gasteiger partial charge in [0.2, 0.25) is 11.5 Å². The lowest BCUT2D eigenvalue weighted by atomic mass is 10.0. The van der Waals surface area contributed by atoms with Crippen LogP contribution in [0.2, 0.25) is 0 Å². The van der Waals surface area contributed by atoms with Gasteiger partial charge in [-0.1, -0.05) is 48.5 Å². The molecule has 2 aromatic carbocycles. The number of hydrogen-bond acceptors (Lipinski definition) is 7. The van der Waals surface area contributed by atoms with Crippen molar-refractivity contribution in [1.82, 2.24) is 30.0 Å². The number of nitriles is 1. The number of rotatable bonds is 8. The number of pyridine rings is 1. The number of nitrogens with one attached hydrogen (secondary N) is 2. The van der Waals surface area contributed by atoms with E-state index in [-0.39, 0.29) is 23.6 Å². The van der Waals surface area contributed by atoms with Crippen LogP contribution in [-0.2, 0) is 13.6 Å². The molecule has 0 saturated carbocycles. The topological polar surface area (TPSA) is 145 Å². The Morgan fingerprint density at radius 1 is 1.12 bits per heavy atom. The van der Waals surface area contributed by atoms with Crippen molar-refractivity contribution in [2.24, 2.45) is 12.0 Å². The van der Waals surface area contributed by atoms with E-state index < -0.39 is 0 Å². The van der Waals surface area contributed by atoms with Crippen molar-refractivity contribution >= 4 is 23.9 Å². The lowest BCUT2D eigenvalue weighted by Crippen LogP contribution is -2.46. The van der Waals surface area contributed by atoms with E-state index in [2.05, 4.69) is 42.6 Å². The maximum Gasteiger partial charge on any atom is 0.322 e. The quantitative estimate of drug-likeness (QED) is 0.188. The van der Waals surface area contributed by atoms with Crippen molar-refractivity contribution in [2.45, 2.75) is 45.2 Å². The molecule has 1 atom stereocenters. The fraction of sp³-hybridized carbons (Fsp3) is 0.216. The summed E-state index contributed by atoms with van der Waals surface area (Å²) in [5.74, 6) is 0.242. The van der Waals surface area contributed by atoms with E-state index in [4.69, 9.17) is 0 Å². The fourth-order valence-electron chi connectivity index (χ4n) is 5.74. The molecule has 1 aliphatic carbocycles. The van der Waals surface area contributed by atoms with E-state index in [9.17, 15) is 14.9 Å². The maximum absolute atomic E-state index is 13.8. The SMILES string of the molecule is Cc1cc(-c2nc(N=CC3=CCCC(N(C(=O)NCc4ccccc4)c4ccc(-c5ccc(=O)n(C)c5)cc4)CC3)ncc2C#N)n[nH]1. The Hall–Kier alpha value is -6.15. The van der Waals surface area contributed by atoms with Crippen LogP contribution in [0, 0.1) is 18.3 Å². The smallest absolute Gasteiger partial charge is 0.322 e. The van der Waals surface area contributed by atoms with Gasteiger partial charge in [0.1, 0.15) is 17.5 Å². The van der Waals surface area contributed by atoms with E-state index in [1.54, 1.807) is 23.9 Å². The molecule has 1 aliphatic rings. The van der Waals surface area contributed by atoms with Gasteiger partial charge in [0.25, 0.3) is 0 Å². The number of aromatic amines is 1. The van der Waals surface area contributed by atoms with Gasteiger partial charge in [-0.2, -0.15) is 10.4 Å². The molecule has 2 N–H and O–H groups in total. The number of aromatic nitrogens is 5. The molecule has 5 aromatic rings. The van der Waals surface area contributed by atoms with Gasteiger partial charge in [-0.3, -0.25) is 14.8 Å². The van der Waals surface area contributed by atoms with Crippen LogP contribution in [0.5, 0.6) is 0 Å². The number of H-pyrrole nitrogens is 1. The molecule has 0 aliphatic heterocycles. The second kappa shape index (κ2) is 14.5. The third-order valence-corrected chi connectivity index (χ3v) is 8.30. The van der Waals surface area contributed by atoms with E-state index in [0.717, 1.165) is 52.9 Å².